The van der Waals surface area contributed by atoms with E-state index in [9.17, 15) is 9.59 Å². The Morgan fingerprint density at radius 3 is 2.45 bits per heavy atom. The van der Waals surface area contributed by atoms with Crippen LogP contribution in [-0.2, 0) is 16.1 Å². The van der Waals surface area contributed by atoms with Crippen LogP contribution in [-0.4, -0.2) is 29.9 Å². The van der Waals surface area contributed by atoms with Gasteiger partial charge >= 0.3 is 0 Å². The van der Waals surface area contributed by atoms with Crippen molar-refractivity contribution in [2.75, 3.05) is 23.3 Å². The number of piperidine rings is 1. The van der Waals surface area contributed by atoms with E-state index in [-0.39, 0.29) is 23.7 Å². The van der Waals surface area contributed by atoms with E-state index in [1.807, 2.05) is 30.3 Å². The van der Waals surface area contributed by atoms with Crippen LogP contribution in [0.4, 0.5) is 11.4 Å². The lowest BCUT2D eigenvalue weighted by molar-refractivity contribution is -0.125. The van der Waals surface area contributed by atoms with Crippen LogP contribution in [0.2, 0.25) is 0 Å². The largest absolute Gasteiger partial charge is 0.372 e. The van der Waals surface area contributed by atoms with E-state index in [2.05, 4.69) is 39.6 Å². The van der Waals surface area contributed by atoms with Crippen LogP contribution >= 0.6 is 0 Å². The number of hydrogen-bond donors (Lipinski definition) is 2. The summed E-state index contributed by atoms with van der Waals surface area (Å²) in [6.07, 6.45) is 4.75. The van der Waals surface area contributed by atoms with Crippen molar-refractivity contribution in [3.63, 3.8) is 0 Å². The standard InChI is InChI=1S/C23H28N4O2/c1-16-9-12-27(13-10-16)19-7-5-17(6-8-19)26-23(29)21-14-20(21)22(28)25-15-18-4-2-3-11-24-18/h2-8,11,16,20-21H,9-10,12-15H2,1H3,(H,25,28)(H,26,29). The number of nitrogens with zero attached hydrogens (tertiary/aromatic N) is 2. The van der Waals surface area contributed by atoms with Gasteiger partial charge in [-0.05, 0) is 61.6 Å². The Balaban J connectivity index is 1.24. The molecule has 0 spiro atoms. The minimum atomic E-state index is -0.248. The molecule has 1 saturated heterocycles. The molecular weight excluding hydrogens is 364 g/mol. The van der Waals surface area contributed by atoms with Gasteiger partial charge in [-0.3, -0.25) is 14.6 Å². The zero-order chi connectivity index (χ0) is 20.2. The first-order valence-electron chi connectivity index (χ1n) is 10.4. The molecule has 6 nitrogen and oxygen atoms in total. The van der Waals surface area contributed by atoms with E-state index in [1.54, 1.807) is 6.20 Å². The highest BCUT2D eigenvalue weighted by Crippen LogP contribution is 2.39. The smallest absolute Gasteiger partial charge is 0.228 e. The van der Waals surface area contributed by atoms with Crippen LogP contribution in [0.25, 0.3) is 0 Å². The Hall–Kier alpha value is -2.89. The molecular formula is C23H28N4O2. The van der Waals surface area contributed by atoms with Gasteiger partial charge in [-0.2, -0.15) is 0 Å². The fourth-order valence-electron chi connectivity index (χ4n) is 3.84. The van der Waals surface area contributed by atoms with Gasteiger partial charge in [-0.15, -0.1) is 0 Å². The topological polar surface area (TPSA) is 74.3 Å². The van der Waals surface area contributed by atoms with Gasteiger partial charge in [0.15, 0.2) is 0 Å². The summed E-state index contributed by atoms with van der Waals surface area (Å²) in [6, 6.07) is 13.6. The van der Waals surface area contributed by atoms with E-state index in [4.69, 9.17) is 0 Å². The maximum Gasteiger partial charge on any atom is 0.228 e. The molecule has 1 aliphatic heterocycles. The van der Waals surface area contributed by atoms with Crippen molar-refractivity contribution in [3.05, 3.63) is 54.4 Å². The molecule has 2 aromatic rings. The normalized spacial score (nSPS) is 21.5. The molecule has 2 N–H and O–H groups in total. The zero-order valence-electron chi connectivity index (χ0n) is 16.8. The molecule has 0 bridgehead atoms. The second-order valence-electron chi connectivity index (χ2n) is 8.19. The maximum atomic E-state index is 12.5. The van der Waals surface area contributed by atoms with Crippen LogP contribution in [0.1, 0.15) is 31.9 Å². The van der Waals surface area contributed by atoms with Crippen molar-refractivity contribution in [2.24, 2.45) is 17.8 Å². The van der Waals surface area contributed by atoms with Crippen molar-refractivity contribution < 1.29 is 9.59 Å². The molecule has 4 rings (SSSR count). The van der Waals surface area contributed by atoms with E-state index >= 15 is 0 Å². The highest BCUT2D eigenvalue weighted by atomic mass is 16.2. The van der Waals surface area contributed by atoms with Crippen molar-refractivity contribution in [1.29, 1.82) is 0 Å². The van der Waals surface area contributed by atoms with Gasteiger partial charge in [0.1, 0.15) is 0 Å². The maximum absolute atomic E-state index is 12.5. The number of nitrogens with one attached hydrogen (secondary N) is 2. The highest BCUT2D eigenvalue weighted by Gasteiger charge is 2.47. The summed E-state index contributed by atoms with van der Waals surface area (Å²) >= 11 is 0. The molecule has 152 valence electrons. The zero-order valence-corrected chi connectivity index (χ0v) is 16.8. The molecule has 6 heteroatoms. The predicted molar refractivity (Wildman–Crippen MR) is 113 cm³/mol. The summed E-state index contributed by atoms with van der Waals surface area (Å²) in [6.45, 7) is 4.87. The first-order chi connectivity index (χ1) is 14.1. The van der Waals surface area contributed by atoms with E-state index in [1.165, 1.54) is 18.5 Å². The minimum Gasteiger partial charge on any atom is -0.372 e. The third-order valence-corrected chi connectivity index (χ3v) is 5.92. The highest BCUT2D eigenvalue weighted by molar-refractivity contribution is 5.99. The Morgan fingerprint density at radius 1 is 1.03 bits per heavy atom. The number of pyridine rings is 1. The summed E-state index contributed by atoms with van der Waals surface area (Å²) in [5.74, 6) is 0.154. The minimum absolute atomic E-state index is 0.0783. The predicted octanol–water partition coefficient (Wildman–Crippen LogP) is 3.21. The second-order valence-corrected chi connectivity index (χ2v) is 8.19. The number of rotatable bonds is 6. The van der Waals surface area contributed by atoms with Gasteiger partial charge in [0.05, 0.1) is 24.1 Å². The number of benzene rings is 1. The van der Waals surface area contributed by atoms with E-state index in [0.29, 0.717) is 13.0 Å². The molecule has 2 fully saturated rings. The molecule has 29 heavy (non-hydrogen) atoms. The van der Waals surface area contributed by atoms with Crippen LogP contribution < -0.4 is 15.5 Å². The number of anilines is 2. The number of hydrogen-bond acceptors (Lipinski definition) is 4. The molecule has 2 amide bonds. The first kappa shape index (κ1) is 19.4. The molecule has 1 aromatic heterocycles. The third kappa shape index (κ3) is 4.94. The third-order valence-electron chi connectivity index (χ3n) is 5.92. The SMILES string of the molecule is CC1CCN(c2ccc(NC(=O)C3CC3C(=O)NCc3ccccn3)cc2)CC1. The second kappa shape index (κ2) is 8.64. The molecule has 1 saturated carbocycles. The number of carbonyl (C=O) groups excluding carboxylic acids is 2. The van der Waals surface area contributed by atoms with Gasteiger partial charge in [0, 0.05) is 30.7 Å². The molecule has 2 aliphatic rings. The van der Waals surface area contributed by atoms with Gasteiger partial charge in [-0.1, -0.05) is 13.0 Å². The number of carbonyl (C=O) groups is 2. The fraction of sp³-hybridized carbons (Fsp3) is 0.435. The van der Waals surface area contributed by atoms with Gasteiger partial charge in [0.25, 0.3) is 0 Å². The van der Waals surface area contributed by atoms with E-state index in [0.717, 1.165) is 30.4 Å². The van der Waals surface area contributed by atoms with E-state index < -0.39 is 0 Å². The lowest BCUT2D eigenvalue weighted by atomic mass is 9.99. The summed E-state index contributed by atoms with van der Waals surface area (Å²) in [5, 5.41) is 5.82. The van der Waals surface area contributed by atoms with Gasteiger partial charge < -0.3 is 15.5 Å². The Labute approximate surface area is 171 Å². The van der Waals surface area contributed by atoms with Crippen molar-refractivity contribution in [3.8, 4) is 0 Å². The molecule has 0 radical (unpaired) electrons. The van der Waals surface area contributed by atoms with Crippen LogP contribution in [0.15, 0.2) is 48.7 Å². The van der Waals surface area contributed by atoms with Crippen LogP contribution in [0, 0.1) is 17.8 Å². The number of amides is 2. The van der Waals surface area contributed by atoms with Crippen molar-refractivity contribution >= 4 is 23.2 Å². The molecule has 1 aliphatic carbocycles. The van der Waals surface area contributed by atoms with Gasteiger partial charge in [0.2, 0.25) is 11.8 Å². The quantitative estimate of drug-likeness (QED) is 0.792. The molecule has 1 aromatic carbocycles. The fourth-order valence-corrected chi connectivity index (χ4v) is 3.84. The lowest BCUT2D eigenvalue weighted by Gasteiger charge is -2.32. The molecule has 2 heterocycles. The summed E-state index contributed by atoms with van der Waals surface area (Å²) in [7, 11) is 0. The summed E-state index contributed by atoms with van der Waals surface area (Å²) < 4.78 is 0. The Kier molecular flexibility index (Phi) is 5.79. The number of aromatic nitrogens is 1. The summed E-state index contributed by atoms with van der Waals surface area (Å²) in [5.41, 5.74) is 2.79. The average molecular weight is 393 g/mol. The van der Waals surface area contributed by atoms with Crippen LogP contribution in [0.5, 0.6) is 0 Å². The molecule has 2 atom stereocenters. The Morgan fingerprint density at radius 2 is 1.76 bits per heavy atom. The van der Waals surface area contributed by atoms with Gasteiger partial charge in [-0.25, -0.2) is 0 Å². The van der Waals surface area contributed by atoms with Crippen molar-refractivity contribution in [2.45, 2.75) is 32.7 Å². The van der Waals surface area contributed by atoms with Crippen LogP contribution in [0.3, 0.4) is 0 Å². The lowest BCUT2D eigenvalue weighted by Crippen LogP contribution is -2.32. The first-order valence-corrected chi connectivity index (χ1v) is 10.4. The summed E-state index contributed by atoms with van der Waals surface area (Å²) in [4.78, 5) is 31.3. The van der Waals surface area contributed by atoms with Crippen molar-refractivity contribution in [1.82, 2.24) is 10.3 Å². The Bertz CT molecular complexity index is 845. The average Bonchev–Trinajstić information content (AvgIpc) is 3.55. The monoisotopic (exact) mass is 392 g/mol. The molecule has 2 unspecified atom stereocenters.